The Balaban J connectivity index is 3.03. The van der Waals surface area contributed by atoms with Crippen molar-refractivity contribution in [1.82, 2.24) is 10.6 Å². The van der Waals surface area contributed by atoms with Crippen LogP contribution in [-0.4, -0.2) is 13.7 Å². The third-order valence-electron chi connectivity index (χ3n) is 0.670. The Morgan fingerprint density at radius 1 is 1.50 bits per heavy atom. The Hall–Kier alpha value is -0.500. The van der Waals surface area contributed by atoms with Gasteiger partial charge in [0.1, 0.15) is 0 Å². The first-order valence-electron chi connectivity index (χ1n) is 2.78. The number of allylic oxidation sites excluding steroid dienone is 1. The molecule has 2 heteroatoms. The molecular formula is C6H14N2. The highest BCUT2D eigenvalue weighted by Gasteiger charge is 1.72. The standard InChI is InChI=1S/C6H14N2/c1-6(2)4-8-5-7-3/h4,7-8H,5H2,1-3H3. The van der Waals surface area contributed by atoms with Crippen molar-refractivity contribution in [2.75, 3.05) is 13.7 Å². The van der Waals surface area contributed by atoms with E-state index in [1.807, 2.05) is 13.2 Å². The Morgan fingerprint density at radius 2 is 2.12 bits per heavy atom. The van der Waals surface area contributed by atoms with Gasteiger partial charge in [-0.2, -0.15) is 0 Å². The van der Waals surface area contributed by atoms with E-state index in [1.165, 1.54) is 5.57 Å². The first-order valence-corrected chi connectivity index (χ1v) is 2.78. The van der Waals surface area contributed by atoms with E-state index in [4.69, 9.17) is 0 Å². The zero-order valence-corrected chi connectivity index (χ0v) is 5.78. The van der Waals surface area contributed by atoms with Crippen molar-refractivity contribution in [3.63, 3.8) is 0 Å². The zero-order valence-electron chi connectivity index (χ0n) is 5.78. The molecule has 0 aliphatic heterocycles. The molecule has 0 saturated heterocycles. The zero-order chi connectivity index (χ0) is 6.41. The summed E-state index contributed by atoms with van der Waals surface area (Å²) in [5.74, 6) is 0. The van der Waals surface area contributed by atoms with E-state index < -0.39 is 0 Å². The van der Waals surface area contributed by atoms with E-state index >= 15 is 0 Å². The van der Waals surface area contributed by atoms with Crippen LogP contribution in [0, 0.1) is 0 Å². The number of hydrogen-bond acceptors (Lipinski definition) is 2. The maximum absolute atomic E-state index is 3.06. The summed E-state index contributed by atoms with van der Waals surface area (Å²) in [6.07, 6.45) is 1.98. The van der Waals surface area contributed by atoms with Gasteiger partial charge >= 0.3 is 0 Å². The highest BCUT2D eigenvalue weighted by atomic mass is 15.0. The van der Waals surface area contributed by atoms with Crippen LogP contribution in [0.15, 0.2) is 11.8 Å². The second-order valence-corrected chi connectivity index (χ2v) is 1.96. The summed E-state index contributed by atoms with van der Waals surface area (Å²) in [6, 6.07) is 0. The molecule has 0 aromatic heterocycles. The summed E-state index contributed by atoms with van der Waals surface area (Å²) < 4.78 is 0. The van der Waals surface area contributed by atoms with E-state index in [9.17, 15) is 0 Å². The van der Waals surface area contributed by atoms with Crippen molar-refractivity contribution in [1.29, 1.82) is 0 Å². The van der Waals surface area contributed by atoms with Gasteiger partial charge in [-0.1, -0.05) is 5.57 Å². The second-order valence-electron chi connectivity index (χ2n) is 1.96. The fourth-order valence-electron chi connectivity index (χ4n) is 0.357. The van der Waals surface area contributed by atoms with Gasteiger partial charge in [0, 0.05) is 0 Å². The molecule has 0 rings (SSSR count). The Labute approximate surface area is 51.0 Å². The molecule has 0 amide bonds. The summed E-state index contributed by atoms with van der Waals surface area (Å²) in [7, 11) is 1.91. The lowest BCUT2D eigenvalue weighted by molar-refractivity contribution is 0.733. The van der Waals surface area contributed by atoms with E-state index in [0.29, 0.717) is 0 Å². The highest BCUT2D eigenvalue weighted by molar-refractivity contribution is 4.90. The largest absolute Gasteiger partial charge is 0.378 e. The number of hydrogen-bond donors (Lipinski definition) is 2. The van der Waals surface area contributed by atoms with Gasteiger partial charge in [0.15, 0.2) is 0 Å². The van der Waals surface area contributed by atoms with Crippen molar-refractivity contribution in [2.45, 2.75) is 13.8 Å². The lowest BCUT2D eigenvalue weighted by Crippen LogP contribution is -2.20. The molecule has 0 saturated carbocycles. The molecule has 0 unspecified atom stereocenters. The molecular weight excluding hydrogens is 100 g/mol. The minimum absolute atomic E-state index is 0.838. The molecule has 0 heterocycles. The smallest absolute Gasteiger partial charge is 0.0645 e. The summed E-state index contributed by atoms with van der Waals surface area (Å²) in [4.78, 5) is 0. The molecule has 0 radical (unpaired) electrons. The molecule has 8 heavy (non-hydrogen) atoms. The Kier molecular flexibility index (Phi) is 4.36. The van der Waals surface area contributed by atoms with E-state index in [-0.39, 0.29) is 0 Å². The highest BCUT2D eigenvalue weighted by Crippen LogP contribution is 1.81. The fourth-order valence-corrected chi connectivity index (χ4v) is 0.357. The monoisotopic (exact) mass is 114 g/mol. The summed E-state index contributed by atoms with van der Waals surface area (Å²) in [5.41, 5.74) is 1.29. The van der Waals surface area contributed by atoms with Crippen molar-refractivity contribution < 1.29 is 0 Å². The normalized spacial score (nSPS) is 8.38. The SMILES string of the molecule is CNCNC=C(C)C. The van der Waals surface area contributed by atoms with Crippen LogP contribution in [0.3, 0.4) is 0 Å². The average molecular weight is 114 g/mol. The molecule has 2 nitrogen and oxygen atoms in total. The molecule has 0 fully saturated rings. The predicted molar refractivity (Wildman–Crippen MR) is 36.5 cm³/mol. The van der Waals surface area contributed by atoms with Crippen molar-refractivity contribution in [3.8, 4) is 0 Å². The third kappa shape index (κ3) is 5.50. The minimum Gasteiger partial charge on any atom is -0.378 e. The minimum atomic E-state index is 0.838. The molecule has 0 atom stereocenters. The van der Waals surface area contributed by atoms with Crippen LogP contribution >= 0.6 is 0 Å². The second kappa shape index (κ2) is 4.65. The van der Waals surface area contributed by atoms with Crippen LogP contribution in [0.4, 0.5) is 0 Å². The average Bonchev–Trinajstić information content (AvgIpc) is 1.66. The van der Waals surface area contributed by atoms with Gasteiger partial charge in [-0.15, -0.1) is 0 Å². The van der Waals surface area contributed by atoms with Crippen LogP contribution in [0.5, 0.6) is 0 Å². The maximum Gasteiger partial charge on any atom is 0.0645 e. The van der Waals surface area contributed by atoms with Gasteiger partial charge in [-0.05, 0) is 27.1 Å². The Morgan fingerprint density at radius 3 is 2.50 bits per heavy atom. The molecule has 0 bridgehead atoms. The number of nitrogens with one attached hydrogen (secondary N) is 2. The third-order valence-corrected chi connectivity index (χ3v) is 0.670. The van der Waals surface area contributed by atoms with Crippen molar-refractivity contribution in [2.24, 2.45) is 0 Å². The van der Waals surface area contributed by atoms with E-state index in [2.05, 4.69) is 24.5 Å². The van der Waals surface area contributed by atoms with Crippen LogP contribution < -0.4 is 10.6 Å². The van der Waals surface area contributed by atoms with Crippen molar-refractivity contribution in [3.05, 3.63) is 11.8 Å². The van der Waals surface area contributed by atoms with E-state index in [1.54, 1.807) is 0 Å². The molecule has 0 aliphatic carbocycles. The lowest BCUT2D eigenvalue weighted by Gasteiger charge is -1.96. The van der Waals surface area contributed by atoms with Gasteiger partial charge < -0.3 is 10.6 Å². The first kappa shape index (κ1) is 7.50. The van der Waals surface area contributed by atoms with Crippen LogP contribution in [0.25, 0.3) is 0 Å². The predicted octanol–water partition coefficient (Wildman–Crippen LogP) is 0.677. The van der Waals surface area contributed by atoms with Gasteiger partial charge in [0.25, 0.3) is 0 Å². The van der Waals surface area contributed by atoms with Crippen LogP contribution in [0.2, 0.25) is 0 Å². The van der Waals surface area contributed by atoms with Crippen molar-refractivity contribution >= 4 is 0 Å². The number of rotatable bonds is 3. The van der Waals surface area contributed by atoms with Gasteiger partial charge in [0.2, 0.25) is 0 Å². The van der Waals surface area contributed by atoms with Gasteiger partial charge in [-0.3, -0.25) is 0 Å². The van der Waals surface area contributed by atoms with E-state index in [0.717, 1.165) is 6.67 Å². The molecule has 0 aromatic rings. The fraction of sp³-hybridized carbons (Fsp3) is 0.667. The maximum atomic E-state index is 3.06. The van der Waals surface area contributed by atoms with Crippen LogP contribution in [-0.2, 0) is 0 Å². The summed E-state index contributed by atoms with van der Waals surface area (Å²) in [5, 5.41) is 6.03. The molecule has 0 aromatic carbocycles. The van der Waals surface area contributed by atoms with Gasteiger partial charge in [-0.25, -0.2) is 0 Å². The lowest BCUT2D eigenvalue weighted by atomic mass is 10.4. The Bertz CT molecular complexity index is 72.6. The quantitative estimate of drug-likeness (QED) is 0.416. The summed E-state index contributed by atoms with van der Waals surface area (Å²) in [6.45, 7) is 4.95. The molecule has 0 aliphatic rings. The topological polar surface area (TPSA) is 24.1 Å². The molecule has 0 spiro atoms. The van der Waals surface area contributed by atoms with Gasteiger partial charge in [0.05, 0.1) is 6.67 Å². The molecule has 2 N–H and O–H groups in total. The van der Waals surface area contributed by atoms with Crippen LogP contribution in [0.1, 0.15) is 13.8 Å². The first-order chi connectivity index (χ1) is 3.77. The molecule has 48 valence electrons. The summed E-state index contributed by atoms with van der Waals surface area (Å²) >= 11 is 0.